The first-order valence-electron chi connectivity index (χ1n) is 6.68. The van der Waals surface area contributed by atoms with Crippen LogP contribution in [0, 0.1) is 0 Å². The number of nitrogens with zero attached hydrogens (tertiary/aromatic N) is 4. The van der Waals surface area contributed by atoms with E-state index in [0.29, 0.717) is 5.95 Å². The number of anilines is 3. The highest BCUT2D eigenvalue weighted by Gasteiger charge is 2.02. The highest BCUT2D eigenvalue weighted by Crippen LogP contribution is 2.14. The molecular formula is C15H16N6. The SMILES string of the molecule is CNc1nccc(Nc2cnn(Cc3ccccc3)c2)n1. The van der Waals surface area contributed by atoms with Gasteiger partial charge in [0, 0.05) is 19.4 Å². The number of benzene rings is 1. The monoisotopic (exact) mass is 280 g/mol. The van der Waals surface area contributed by atoms with Crippen LogP contribution in [-0.4, -0.2) is 26.8 Å². The Balaban J connectivity index is 1.70. The van der Waals surface area contributed by atoms with E-state index in [4.69, 9.17) is 0 Å². The topological polar surface area (TPSA) is 67.7 Å². The van der Waals surface area contributed by atoms with E-state index in [0.717, 1.165) is 18.1 Å². The van der Waals surface area contributed by atoms with E-state index in [9.17, 15) is 0 Å². The van der Waals surface area contributed by atoms with E-state index < -0.39 is 0 Å². The lowest BCUT2D eigenvalue weighted by atomic mass is 10.2. The van der Waals surface area contributed by atoms with Crippen molar-refractivity contribution in [3.8, 4) is 0 Å². The van der Waals surface area contributed by atoms with E-state index >= 15 is 0 Å². The van der Waals surface area contributed by atoms with E-state index in [1.54, 1.807) is 19.4 Å². The normalized spacial score (nSPS) is 10.3. The summed E-state index contributed by atoms with van der Waals surface area (Å²) in [5.41, 5.74) is 2.11. The van der Waals surface area contributed by atoms with Gasteiger partial charge in [0.25, 0.3) is 0 Å². The lowest BCUT2D eigenvalue weighted by Gasteiger charge is -2.04. The second kappa shape index (κ2) is 6.04. The molecule has 2 N–H and O–H groups in total. The Kier molecular flexibility index (Phi) is 3.77. The van der Waals surface area contributed by atoms with Crippen LogP contribution in [0.2, 0.25) is 0 Å². The Morgan fingerprint density at radius 3 is 2.81 bits per heavy atom. The van der Waals surface area contributed by atoms with Crippen LogP contribution in [0.3, 0.4) is 0 Å². The summed E-state index contributed by atoms with van der Waals surface area (Å²) in [6.07, 6.45) is 5.44. The molecule has 0 saturated carbocycles. The zero-order chi connectivity index (χ0) is 14.5. The van der Waals surface area contributed by atoms with Crippen molar-refractivity contribution in [3.63, 3.8) is 0 Å². The molecule has 6 nitrogen and oxygen atoms in total. The van der Waals surface area contributed by atoms with Crippen LogP contribution in [0.1, 0.15) is 5.56 Å². The minimum absolute atomic E-state index is 0.580. The van der Waals surface area contributed by atoms with Gasteiger partial charge in [-0.15, -0.1) is 0 Å². The molecule has 0 amide bonds. The molecule has 6 heteroatoms. The minimum Gasteiger partial charge on any atom is -0.357 e. The zero-order valence-electron chi connectivity index (χ0n) is 11.7. The van der Waals surface area contributed by atoms with Crippen molar-refractivity contribution in [2.24, 2.45) is 0 Å². The Hall–Kier alpha value is -2.89. The molecule has 2 heterocycles. The van der Waals surface area contributed by atoms with E-state index in [-0.39, 0.29) is 0 Å². The van der Waals surface area contributed by atoms with Crippen LogP contribution in [0.15, 0.2) is 55.0 Å². The number of aromatic nitrogens is 4. The predicted molar refractivity (Wildman–Crippen MR) is 82.6 cm³/mol. The molecular weight excluding hydrogens is 264 g/mol. The van der Waals surface area contributed by atoms with Crippen molar-refractivity contribution in [1.29, 1.82) is 0 Å². The number of nitrogens with one attached hydrogen (secondary N) is 2. The van der Waals surface area contributed by atoms with Gasteiger partial charge in [0.05, 0.1) is 18.4 Å². The van der Waals surface area contributed by atoms with Gasteiger partial charge in [-0.05, 0) is 11.6 Å². The van der Waals surface area contributed by atoms with Gasteiger partial charge >= 0.3 is 0 Å². The maximum atomic E-state index is 4.35. The molecule has 0 atom stereocenters. The molecule has 0 unspecified atom stereocenters. The van der Waals surface area contributed by atoms with Gasteiger partial charge in [0.15, 0.2) is 0 Å². The van der Waals surface area contributed by atoms with Crippen molar-refractivity contribution < 1.29 is 0 Å². The van der Waals surface area contributed by atoms with Crippen molar-refractivity contribution in [3.05, 3.63) is 60.6 Å². The van der Waals surface area contributed by atoms with Gasteiger partial charge in [-0.25, -0.2) is 4.98 Å². The molecule has 1 aromatic carbocycles. The van der Waals surface area contributed by atoms with Crippen LogP contribution < -0.4 is 10.6 Å². The number of rotatable bonds is 5. The van der Waals surface area contributed by atoms with Crippen molar-refractivity contribution in [1.82, 2.24) is 19.7 Å². The van der Waals surface area contributed by atoms with Crippen molar-refractivity contribution in [2.45, 2.75) is 6.54 Å². The first-order valence-corrected chi connectivity index (χ1v) is 6.68. The van der Waals surface area contributed by atoms with Crippen LogP contribution in [0.25, 0.3) is 0 Å². The Bertz CT molecular complexity index is 707. The second-order valence-corrected chi connectivity index (χ2v) is 4.55. The van der Waals surface area contributed by atoms with E-state index in [2.05, 4.69) is 37.8 Å². The third-order valence-corrected chi connectivity index (χ3v) is 2.97. The minimum atomic E-state index is 0.580. The van der Waals surface area contributed by atoms with Crippen LogP contribution >= 0.6 is 0 Å². The van der Waals surface area contributed by atoms with Gasteiger partial charge < -0.3 is 10.6 Å². The third-order valence-electron chi connectivity index (χ3n) is 2.97. The molecule has 0 aliphatic carbocycles. The fraction of sp³-hybridized carbons (Fsp3) is 0.133. The Morgan fingerprint density at radius 2 is 2.00 bits per heavy atom. The predicted octanol–water partition coefficient (Wildman–Crippen LogP) is 2.51. The zero-order valence-corrected chi connectivity index (χ0v) is 11.7. The van der Waals surface area contributed by atoms with Crippen LogP contribution in [0.4, 0.5) is 17.5 Å². The lowest BCUT2D eigenvalue weighted by molar-refractivity contribution is 0.687. The Morgan fingerprint density at radius 1 is 1.14 bits per heavy atom. The summed E-state index contributed by atoms with van der Waals surface area (Å²) in [5, 5.41) is 10.5. The van der Waals surface area contributed by atoms with E-state index in [1.807, 2.05) is 35.1 Å². The van der Waals surface area contributed by atoms with Crippen molar-refractivity contribution in [2.75, 3.05) is 17.7 Å². The first-order chi connectivity index (χ1) is 10.3. The maximum absolute atomic E-state index is 4.35. The molecule has 0 aliphatic rings. The fourth-order valence-corrected chi connectivity index (χ4v) is 1.98. The molecule has 3 rings (SSSR count). The molecule has 21 heavy (non-hydrogen) atoms. The van der Waals surface area contributed by atoms with E-state index in [1.165, 1.54) is 5.56 Å². The summed E-state index contributed by atoms with van der Waals surface area (Å²) < 4.78 is 1.89. The summed E-state index contributed by atoms with van der Waals surface area (Å²) >= 11 is 0. The highest BCUT2D eigenvalue weighted by atomic mass is 15.3. The van der Waals surface area contributed by atoms with Gasteiger partial charge in [-0.1, -0.05) is 30.3 Å². The molecule has 0 radical (unpaired) electrons. The smallest absolute Gasteiger partial charge is 0.224 e. The first kappa shape index (κ1) is 13.1. The lowest BCUT2D eigenvalue weighted by Crippen LogP contribution is -2.00. The van der Waals surface area contributed by atoms with Gasteiger partial charge in [0.2, 0.25) is 5.95 Å². The van der Waals surface area contributed by atoms with Gasteiger partial charge in [-0.2, -0.15) is 10.1 Å². The molecule has 3 aromatic rings. The standard InChI is InChI=1S/C15H16N6/c1-16-15-17-8-7-14(20-15)19-13-9-18-21(11-13)10-12-5-3-2-4-6-12/h2-9,11H,10H2,1H3,(H2,16,17,19,20). The molecule has 0 fully saturated rings. The number of hydrogen-bond acceptors (Lipinski definition) is 5. The fourth-order valence-electron chi connectivity index (χ4n) is 1.98. The maximum Gasteiger partial charge on any atom is 0.224 e. The molecule has 2 aromatic heterocycles. The highest BCUT2D eigenvalue weighted by molar-refractivity contribution is 5.54. The summed E-state index contributed by atoms with van der Waals surface area (Å²) in [5.74, 6) is 1.31. The third kappa shape index (κ3) is 3.36. The summed E-state index contributed by atoms with van der Waals surface area (Å²) in [6.45, 7) is 0.744. The summed E-state index contributed by atoms with van der Waals surface area (Å²) in [6, 6.07) is 12.0. The molecule has 0 bridgehead atoms. The molecule has 0 spiro atoms. The summed E-state index contributed by atoms with van der Waals surface area (Å²) in [7, 11) is 1.79. The quantitative estimate of drug-likeness (QED) is 0.751. The van der Waals surface area contributed by atoms with Crippen LogP contribution in [-0.2, 0) is 6.54 Å². The van der Waals surface area contributed by atoms with Gasteiger partial charge in [0.1, 0.15) is 5.82 Å². The average Bonchev–Trinajstić information content (AvgIpc) is 2.95. The van der Waals surface area contributed by atoms with Gasteiger partial charge in [-0.3, -0.25) is 4.68 Å². The molecule has 106 valence electrons. The largest absolute Gasteiger partial charge is 0.357 e. The summed E-state index contributed by atoms with van der Waals surface area (Å²) in [4.78, 5) is 8.39. The average molecular weight is 280 g/mol. The Labute approximate surface area is 122 Å². The molecule has 0 saturated heterocycles. The van der Waals surface area contributed by atoms with Crippen molar-refractivity contribution >= 4 is 17.5 Å². The second-order valence-electron chi connectivity index (χ2n) is 4.55. The molecule has 0 aliphatic heterocycles. The van der Waals surface area contributed by atoms with Crippen LogP contribution in [0.5, 0.6) is 0 Å². The number of hydrogen-bond donors (Lipinski definition) is 2.